The van der Waals surface area contributed by atoms with Gasteiger partial charge in [0, 0.05) is 48.7 Å². The van der Waals surface area contributed by atoms with Gasteiger partial charge < -0.3 is 15.1 Å². The number of hydrogen-bond donors (Lipinski definition) is 1. The molecule has 0 saturated carbocycles. The number of carbonyl (C=O) groups excluding carboxylic acids is 2. The molecule has 0 aliphatic carbocycles. The third-order valence-electron chi connectivity index (χ3n) is 5.87. The Morgan fingerprint density at radius 1 is 1.15 bits per heavy atom. The maximum atomic E-state index is 12.9. The average molecular weight is 445 g/mol. The van der Waals surface area contributed by atoms with Gasteiger partial charge >= 0.3 is 0 Å². The van der Waals surface area contributed by atoms with Gasteiger partial charge in [0.25, 0.3) is 5.91 Å². The van der Waals surface area contributed by atoms with E-state index in [2.05, 4.69) is 34.0 Å². The van der Waals surface area contributed by atoms with Crippen molar-refractivity contribution in [1.82, 2.24) is 20.3 Å². The van der Waals surface area contributed by atoms with E-state index in [1.165, 1.54) is 0 Å². The first-order valence-corrected chi connectivity index (χ1v) is 11.1. The first-order valence-electron chi connectivity index (χ1n) is 11.1. The fourth-order valence-corrected chi connectivity index (χ4v) is 4.16. The van der Waals surface area contributed by atoms with E-state index >= 15 is 0 Å². The first kappa shape index (κ1) is 22.4. The lowest BCUT2D eigenvalue weighted by atomic mass is 10.0. The third-order valence-corrected chi connectivity index (χ3v) is 5.87. The molecular formula is C25H28N6O2. The van der Waals surface area contributed by atoms with Crippen LogP contribution in [0.2, 0.25) is 0 Å². The van der Waals surface area contributed by atoms with Crippen LogP contribution in [0, 0.1) is 0 Å². The number of amides is 2. The molecule has 0 saturated heterocycles. The van der Waals surface area contributed by atoms with Crippen LogP contribution in [0.4, 0.5) is 11.5 Å². The predicted molar refractivity (Wildman–Crippen MR) is 128 cm³/mol. The third kappa shape index (κ3) is 4.28. The summed E-state index contributed by atoms with van der Waals surface area (Å²) in [6.45, 7) is 6.42. The van der Waals surface area contributed by atoms with E-state index in [4.69, 9.17) is 4.98 Å². The Kier molecular flexibility index (Phi) is 6.35. The van der Waals surface area contributed by atoms with Gasteiger partial charge in [0.1, 0.15) is 11.7 Å². The number of nitrogens with one attached hydrogen (secondary N) is 1. The highest BCUT2D eigenvalue weighted by Gasteiger charge is 2.38. The molecule has 33 heavy (non-hydrogen) atoms. The molecule has 8 heteroatoms. The molecule has 0 radical (unpaired) electrons. The Hall–Kier alpha value is -3.81. The maximum Gasteiger partial charge on any atom is 0.251 e. The van der Waals surface area contributed by atoms with Crippen molar-refractivity contribution in [2.75, 3.05) is 16.8 Å². The van der Waals surface area contributed by atoms with E-state index in [0.717, 1.165) is 16.9 Å². The van der Waals surface area contributed by atoms with Crippen molar-refractivity contribution in [1.29, 1.82) is 0 Å². The number of carbonyl (C=O) groups is 2. The smallest absolute Gasteiger partial charge is 0.251 e. The number of nitrogens with zero attached hydrogens (tertiary/aromatic N) is 5. The van der Waals surface area contributed by atoms with Crippen LogP contribution in [0.15, 0.2) is 55.0 Å². The van der Waals surface area contributed by atoms with Gasteiger partial charge in [0.15, 0.2) is 11.6 Å². The number of hydrogen-bond acceptors (Lipinski definition) is 6. The van der Waals surface area contributed by atoms with E-state index in [1.54, 1.807) is 42.7 Å². The predicted octanol–water partition coefficient (Wildman–Crippen LogP) is 3.44. The van der Waals surface area contributed by atoms with Crippen LogP contribution in [-0.2, 0) is 11.3 Å². The van der Waals surface area contributed by atoms with Gasteiger partial charge in [-0.1, -0.05) is 25.1 Å². The van der Waals surface area contributed by atoms with E-state index in [-0.39, 0.29) is 23.9 Å². The van der Waals surface area contributed by atoms with E-state index < -0.39 is 0 Å². The monoisotopic (exact) mass is 444 g/mol. The lowest BCUT2D eigenvalue weighted by Crippen LogP contribution is -2.54. The summed E-state index contributed by atoms with van der Waals surface area (Å²) in [7, 11) is 1.77. The molecule has 4 rings (SSSR count). The minimum Gasteiger partial charge on any atom is -0.348 e. The van der Waals surface area contributed by atoms with Crippen LogP contribution in [0.3, 0.4) is 0 Å². The van der Waals surface area contributed by atoms with Gasteiger partial charge in [0.05, 0.1) is 6.20 Å². The van der Waals surface area contributed by atoms with Crippen LogP contribution < -0.4 is 15.1 Å². The Balaban J connectivity index is 1.68. The lowest BCUT2D eigenvalue weighted by molar-refractivity contribution is -0.120. The summed E-state index contributed by atoms with van der Waals surface area (Å²) in [6.07, 6.45) is 5.79. The molecule has 1 atom stereocenters. The molecule has 1 aromatic carbocycles. The van der Waals surface area contributed by atoms with Crippen molar-refractivity contribution in [3.63, 3.8) is 0 Å². The molecule has 1 N–H and O–H groups in total. The van der Waals surface area contributed by atoms with E-state index in [1.807, 2.05) is 31.2 Å². The number of fused-ring (bicyclic) bond motifs is 1. The van der Waals surface area contributed by atoms with Gasteiger partial charge in [-0.3, -0.25) is 14.6 Å². The maximum absolute atomic E-state index is 12.9. The second-order valence-electron chi connectivity index (χ2n) is 8.31. The molecule has 0 spiro atoms. The minimum absolute atomic E-state index is 0.0447. The molecule has 3 heterocycles. The van der Waals surface area contributed by atoms with Crippen molar-refractivity contribution >= 4 is 23.3 Å². The van der Waals surface area contributed by atoms with Crippen LogP contribution >= 0.6 is 0 Å². The average Bonchev–Trinajstić information content (AvgIpc) is 2.84. The molecule has 3 aromatic rings. The van der Waals surface area contributed by atoms with Gasteiger partial charge in [-0.2, -0.15) is 0 Å². The highest BCUT2D eigenvalue weighted by atomic mass is 16.2. The molecule has 0 unspecified atom stereocenters. The number of anilines is 2. The lowest BCUT2D eigenvalue weighted by Gasteiger charge is -2.42. The number of benzene rings is 1. The normalized spacial score (nSPS) is 15.5. The Bertz CT molecular complexity index is 1160. The summed E-state index contributed by atoms with van der Waals surface area (Å²) < 4.78 is 0. The SMILES string of the molecule is CC[C@@H]1C(=O)N(C)c2cnc(-c3ccncc3CNC(=O)c3ccccc3)nc2N1C(C)C. The molecule has 0 bridgehead atoms. The van der Waals surface area contributed by atoms with Crippen LogP contribution in [0.25, 0.3) is 11.4 Å². The Morgan fingerprint density at radius 2 is 1.91 bits per heavy atom. The minimum atomic E-state index is -0.271. The molecule has 1 aliphatic heterocycles. The number of pyridine rings is 1. The zero-order valence-corrected chi connectivity index (χ0v) is 19.3. The van der Waals surface area contributed by atoms with Crippen molar-refractivity contribution < 1.29 is 9.59 Å². The van der Waals surface area contributed by atoms with Gasteiger partial charge in [0.2, 0.25) is 5.91 Å². The first-order chi connectivity index (χ1) is 15.9. The van der Waals surface area contributed by atoms with Crippen molar-refractivity contribution in [2.45, 2.75) is 45.8 Å². The molecular weight excluding hydrogens is 416 g/mol. The summed E-state index contributed by atoms with van der Waals surface area (Å²) in [6, 6.07) is 10.7. The van der Waals surface area contributed by atoms with Crippen LogP contribution in [0.1, 0.15) is 43.1 Å². The zero-order chi connectivity index (χ0) is 23.5. The summed E-state index contributed by atoms with van der Waals surface area (Å²) in [5.74, 6) is 1.15. The number of aromatic nitrogens is 3. The molecule has 170 valence electrons. The summed E-state index contributed by atoms with van der Waals surface area (Å²) >= 11 is 0. The van der Waals surface area contributed by atoms with E-state index in [9.17, 15) is 9.59 Å². The largest absolute Gasteiger partial charge is 0.348 e. The topological polar surface area (TPSA) is 91.3 Å². The zero-order valence-electron chi connectivity index (χ0n) is 19.3. The summed E-state index contributed by atoms with van der Waals surface area (Å²) in [5, 5.41) is 2.95. The molecule has 1 aliphatic rings. The highest BCUT2D eigenvalue weighted by molar-refractivity contribution is 6.04. The second-order valence-corrected chi connectivity index (χ2v) is 8.31. The molecule has 0 fully saturated rings. The standard InChI is InChI=1S/C25H28N6O2/c1-5-20-25(33)30(4)21-15-27-22(29-23(21)31(20)16(2)3)19-11-12-26-13-18(19)14-28-24(32)17-9-7-6-8-10-17/h6-13,15-16,20H,5,14H2,1-4H3,(H,28,32)/t20-/m1/s1. The fraction of sp³-hybridized carbons (Fsp3) is 0.320. The van der Waals surface area contributed by atoms with Crippen molar-refractivity contribution in [2.24, 2.45) is 0 Å². The summed E-state index contributed by atoms with van der Waals surface area (Å²) in [5.41, 5.74) is 2.89. The van der Waals surface area contributed by atoms with E-state index in [0.29, 0.717) is 30.0 Å². The van der Waals surface area contributed by atoms with Crippen molar-refractivity contribution in [3.05, 3.63) is 66.1 Å². The molecule has 2 aromatic heterocycles. The second kappa shape index (κ2) is 9.36. The Morgan fingerprint density at radius 3 is 2.61 bits per heavy atom. The quantitative estimate of drug-likeness (QED) is 0.626. The summed E-state index contributed by atoms with van der Waals surface area (Å²) in [4.78, 5) is 42.8. The molecule has 2 amide bonds. The Labute approximate surface area is 193 Å². The van der Waals surface area contributed by atoms with Crippen LogP contribution in [-0.4, -0.2) is 45.9 Å². The highest BCUT2D eigenvalue weighted by Crippen LogP contribution is 2.37. The molecule has 8 nitrogen and oxygen atoms in total. The van der Waals surface area contributed by atoms with Gasteiger partial charge in [-0.05, 0) is 38.5 Å². The number of rotatable bonds is 6. The van der Waals surface area contributed by atoms with Gasteiger partial charge in [-0.15, -0.1) is 0 Å². The van der Waals surface area contributed by atoms with Crippen molar-refractivity contribution in [3.8, 4) is 11.4 Å². The van der Waals surface area contributed by atoms with Crippen LogP contribution in [0.5, 0.6) is 0 Å². The van der Waals surface area contributed by atoms with Gasteiger partial charge in [-0.25, -0.2) is 9.97 Å². The fourth-order valence-electron chi connectivity index (χ4n) is 4.16. The number of likely N-dealkylation sites (N-methyl/N-ethyl adjacent to an activating group) is 1.